The number of carboxylic acid groups (broad SMARTS) is 1. The molecule has 2 rings (SSSR count). The Balaban J connectivity index is 0.00000364. The third kappa shape index (κ3) is 5.64. The zero-order chi connectivity index (χ0) is 19.5. The summed E-state index contributed by atoms with van der Waals surface area (Å²) in [5.41, 5.74) is 0.383. The number of alkyl halides is 3. The molecular weight excluding hydrogens is 393 g/mol. The van der Waals surface area contributed by atoms with E-state index in [2.05, 4.69) is 5.32 Å². The quantitative estimate of drug-likeness (QED) is 0.745. The molecule has 0 spiro atoms. The number of nitrogens with zero attached hydrogens (tertiary/aromatic N) is 1. The molecule has 1 amide bonds. The maximum Gasteiger partial charge on any atom is 0.393 e. The Morgan fingerprint density at radius 2 is 1.85 bits per heavy atom. The number of anilines is 1. The second kappa shape index (κ2) is 9.14. The van der Waals surface area contributed by atoms with Crippen LogP contribution < -0.4 is 14.8 Å². The minimum atomic E-state index is -4.63. The number of nitrogens with one attached hydrogen (secondary N) is 1. The van der Waals surface area contributed by atoms with Crippen molar-refractivity contribution in [1.82, 2.24) is 4.90 Å². The molecule has 0 bridgehead atoms. The van der Waals surface area contributed by atoms with Gasteiger partial charge in [-0.3, -0.25) is 14.5 Å². The average Bonchev–Trinajstić information content (AvgIpc) is 2.99. The van der Waals surface area contributed by atoms with Crippen LogP contribution in [0.2, 0.25) is 0 Å². The Hall–Kier alpha value is -2.20. The molecule has 152 valence electrons. The first-order chi connectivity index (χ1) is 12.2. The summed E-state index contributed by atoms with van der Waals surface area (Å²) >= 11 is 0. The molecule has 2 N–H and O–H groups in total. The highest BCUT2D eigenvalue weighted by Gasteiger charge is 2.52. The summed E-state index contributed by atoms with van der Waals surface area (Å²) in [6.07, 6.45) is -4.63. The number of halogens is 4. The Labute approximate surface area is 159 Å². The highest BCUT2D eigenvalue weighted by Crippen LogP contribution is 2.37. The van der Waals surface area contributed by atoms with E-state index in [1.54, 1.807) is 12.1 Å². The summed E-state index contributed by atoms with van der Waals surface area (Å²) in [7, 11) is 2.89. The van der Waals surface area contributed by atoms with E-state index in [1.165, 1.54) is 25.2 Å². The van der Waals surface area contributed by atoms with Gasteiger partial charge in [-0.25, -0.2) is 0 Å². The molecule has 1 aliphatic heterocycles. The number of methoxy groups -OCH3 is 2. The van der Waals surface area contributed by atoms with Crippen molar-refractivity contribution in [2.24, 2.45) is 11.8 Å². The third-order valence-corrected chi connectivity index (χ3v) is 4.17. The van der Waals surface area contributed by atoms with Crippen LogP contribution in [0.5, 0.6) is 11.5 Å². The van der Waals surface area contributed by atoms with E-state index in [0.717, 1.165) is 0 Å². The van der Waals surface area contributed by atoms with Crippen LogP contribution in [-0.4, -0.2) is 61.9 Å². The van der Waals surface area contributed by atoms with Crippen molar-refractivity contribution in [1.29, 1.82) is 0 Å². The fraction of sp³-hybridized carbons (Fsp3) is 0.500. The molecule has 1 heterocycles. The van der Waals surface area contributed by atoms with Crippen LogP contribution in [0.4, 0.5) is 18.9 Å². The lowest BCUT2D eigenvalue weighted by molar-refractivity contribution is -0.188. The van der Waals surface area contributed by atoms with Gasteiger partial charge in [0.05, 0.1) is 32.6 Å². The first-order valence-electron chi connectivity index (χ1n) is 7.69. The molecule has 1 fully saturated rings. The number of hydrogen-bond donors (Lipinski definition) is 2. The maximum atomic E-state index is 13.0. The number of carboxylic acids is 1. The van der Waals surface area contributed by atoms with Gasteiger partial charge >= 0.3 is 12.1 Å². The average molecular weight is 413 g/mol. The molecule has 0 radical (unpaired) electrons. The molecule has 0 saturated carbocycles. The Bertz CT molecular complexity index is 687. The summed E-state index contributed by atoms with van der Waals surface area (Å²) in [4.78, 5) is 24.3. The lowest BCUT2D eigenvalue weighted by Crippen LogP contribution is -2.34. The van der Waals surface area contributed by atoms with Crippen LogP contribution in [0.3, 0.4) is 0 Å². The SMILES string of the molecule is COc1ccc(NC(=O)CN2C[C@@H](C(F)(F)F)[C@H](C(=O)O)C2)cc1OC.Cl. The van der Waals surface area contributed by atoms with E-state index >= 15 is 0 Å². The van der Waals surface area contributed by atoms with Crippen molar-refractivity contribution in [3.63, 3.8) is 0 Å². The van der Waals surface area contributed by atoms with Gasteiger partial charge in [-0.15, -0.1) is 12.4 Å². The predicted octanol–water partition coefficient (Wildman–Crippen LogP) is 2.26. The molecular formula is C16H20ClF3N2O5. The maximum absolute atomic E-state index is 13.0. The summed E-state index contributed by atoms with van der Waals surface area (Å²) in [6, 6.07) is 4.64. The number of carbonyl (C=O) groups excluding carboxylic acids is 1. The first-order valence-corrected chi connectivity index (χ1v) is 7.69. The van der Waals surface area contributed by atoms with Crippen molar-refractivity contribution < 1.29 is 37.3 Å². The lowest BCUT2D eigenvalue weighted by Gasteiger charge is -2.18. The van der Waals surface area contributed by atoms with Gasteiger partial charge in [0, 0.05) is 24.8 Å². The molecule has 0 aliphatic carbocycles. The van der Waals surface area contributed by atoms with Crippen LogP contribution >= 0.6 is 12.4 Å². The van der Waals surface area contributed by atoms with Crippen LogP contribution in [0, 0.1) is 11.8 Å². The summed E-state index contributed by atoms with van der Waals surface area (Å²) in [5.74, 6) is -4.80. The molecule has 2 atom stereocenters. The van der Waals surface area contributed by atoms with E-state index in [1.807, 2.05) is 0 Å². The topological polar surface area (TPSA) is 88.1 Å². The molecule has 11 heteroatoms. The predicted molar refractivity (Wildman–Crippen MR) is 92.5 cm³/mol. The van der Waals surface area contributed by atoms with Crippen LogP contribution in [0.25, 0.3) is 0 Å². The van der Waals surface area contributed by atoms with Gasteiger partial charge in [0.2, 0.25) is 5.91 Å². The van der Waals surface area contributed by atoms with Gasteiger partial charge in [-0.1, -0.05) is 0 Å². The van der Waals surface area contributed by atoms with E-state index in [9.17, 15) is 22.8 Å². The van der Waals surface area contributed by atoms with Crippen LogP contribution in [-0.2, 0) is 9.59 Å². The number of rotatable bonds is 6. The van der Waals surface area contributed by atoms with Crippen molar-refractivity contribution in [2.45, 2.75) is 6.18 Å². The van der Waals surface area contributed by atoms with Crippen molar-refractivity contribution in [3.8, 4) is 11.5 Å². The van der Waals surface area contributed by atoms with Gasteiger partial charge in [-0.05, 0) is 12.1 Å². The monoisotopic (exact) mass is 412 g/mol. The van der Waals surface area contributed by atoms with Gasteiger partial charge in [0.15, 0.2) is 11.5 Å². The molecule has 1 aliphatic rings. The van der Waals surface area contributed by atoms with Crippen LogP contribution in [0.15, 0.2) is 18.2 Å². The number of hydrogen-bond acceptors (Lipinski definition) is 5. The number of aliphatic carboxylic acids is 1. The minimum absolute atomic E-state index is 0. The second-order valence-electron chi connectivity index (χ2n) is 5.90. The summed E-state index contributed by atoms with van der Waals surface area (Å²) in [6.45, 7) is -1.20. The molecule has 0 aromatic heterocycles. The normalized spacial score (nSPS) is 19.9. The largest absolute Gasteiger partial charge is 0.493 e. The number of benzene rings is 1. The van der Waals surface area contributed by atoms with Gasteiger partial charge in [-0.2, -0.15) is 13.2 Å². The van der Waals surface area contributed by atoms with E-state index in [-0.39, 0.29) is 25.5 Å². The molecule has 1 aromatic rings. The van der Waals surface area contributed by atoms with Crippen LogP contribution in [0.1, 0.15) is 0 Å². The fourth-order valence-electron chi connectivity index (χ4n) is 2.91. The number of carbonyl (C=O) groups is 2. The molecule has 27 heavy (non-hydrogen) atoms. The molecule has 7 nitrogen and oxygen atoms in total. The minimum Gasteiger partial charge on any atom is -0.493 e. The summed E-state index contributed by atoms with van der Waals surface area (Å²) < 4.78 is 49.1. The fourth-order valence-corrected chi connectivity index (χ4v) is 2.91. The summed E-state index contributed by atoms with van der Waals surface area (Å²) in [5, 5.41) is 11.5. The lowest BCUT2D eigenvalue weighted by atomic mass is 9.96. The highest BCUT2D eigenvalue weighted by atomic mass is 35.5. The number of ether oxygens (including phenoxy) is 2. The van der Waals surface area contributed by atoms with E-state index < -0.39 is 36.4 Å². The van der Waals surface area contributed by atoms with Crippen molar-refractivity contribution in [3.05, 3.63) is 18.2 Å². The zero-order valence-corrected chi connectivity index (χ0v) is 15.4. The Kier molecular flexibility index (Phi) is 7.73. The van der Waals surface area contributed by atoms with Gasteiger partial charge in [0.1, 0.15) is 0 Å². The van der Waals surface area contributed by atoms with E-state index in [0.29, 0.717) is 17.2 Å². The number of amides is 1. The highest BCUT2D eigenvalue weighted by molar-refractivity contribution is 5.92. The van der Waals surface area contributed by atoms with Crippen molar-refractivity contribution in [2.75, 3.05) is 39.2 Å². The van der Waals surface area contributed by atoms with Gasteiger partial charge in [0.25, 0.3) is 0 Å². The number of likely N-dealkylation sites (tertiary alicyclic amines) is 1. The molecule has 0 unspecified atom stereocenters. The smallest absolute Gasteiger partial charge is 0.393 e. The van der Waals surface area contributed by atoms with Gasteiger partial charge < -0.3 is 19.9 Å². The standard InChI is InChI=1S/C16H19F3N2O5.ClH/c1-25-12-4-3-9(5-13(12)26-2)20-14(22)8-21-6-10(15(23)24)11(7-21)16(17,18)19;/h3-5,10-11H,6-8H2,1-2H3,(H,20,22)(H,23,24);1H/t10-,11-;/m1./s1. The zero-order valence-electron chi connectivity index (χ0n) is 14.6. The Morgan fingerprint density at radius 1 is 1.22 bits per heavy atom. The molecule has 1 aromatic carbocycles. The third-order valence-electron chi connectivity index (χ3n) is 4.17. The Morgan fingerprint density at radius 3 is 2.33 bits per heavy atom. The van der Waals surface area contributed by atoms with E-state index in [4.69, 9.17) is 14.6 Å². The first kappa shape index (κ1) is 22.8. The van der Waals surface area contributed by atoms with Crippen molar-refractivity contribution >= 4 is 30.0 Å². The molecule has 1 saturated heterocycles. The second-order valence-corrected chi connectivity index (χ2v) is 5.90.